The second-order valence-corrected chi connectivity index (χ2v) is 6.38. The number of likely N-dealkylation sites (N-methyl/N-ethyl adjacent to an activating group) is 1. The topological polar surface area (TPSA) is 75.4 Å². The lowest BCUT2D eigenvalue weighted by molar-refractivity contribution is -0.387. The van der Waals surface area contributed by atoms with Crippen LogP contribution < -0.4 is 4.90 Å². The molecule has 7 nitrogen and oxygen atoms in total. The average Bonchev–Trinajstić information content (AvgIpc) is 2.56. The fraction of sp³-hybridized carbons (Fsp3) is 0.333. The Kier molecular flexibility index (Phi) is 4.73. The molecule has 3 rings (SSSR count). The van der Waals surface area contributed by atoms with Crippen molar-refractivity contribution in [2.24, 2.45) is 0 Å². The van der Waals surface area contributed by atoms with Gasteiger partial charge in [0.1, 0.15) is 6.33 Å². The van der Waals surface area contributed by atoms with Crippen LogP contribution in [-0.2, 0) is 0 Å². The molecular formula is C15H17N5O2S. The first-order chi connectivity index (χ1) is 11.1. The first-order valence-corrected chi connectivity index (χ1v) is 8.12. The summed E-state index contributed by atoms with van der Waals surface area (Å²) in [5.41, 5.74) is -0.00842. The molecule has 0 N–H and O–H groups in total. The van der Waals surface area contributed by atoms with Gasteiger partial charge in [0, 0.05) is 31.1 Å². The summed E-state index contributed by atoms with van der Waals surface area (Å²) >= 11 is 1.29. The maximum Gasteiger partial charge on any atom is 0.343 e. The number of hydrogen-bond donors (Lipinski definition) is 0. The molecule has 0 unspecified atom stereocenters. The SMILES string of the molecule is CN1CCN(c2ncnc(Sc3ccccc3)c2[N+](=O)[O-])CC1. The van der Waals surface area contributed by atoms with Crippen molar-refractivity contribution in [3.8, 4) is 0 Å². The standard InChI is InChI=1S/C15H17N5O2S/c1-18-7-9-19(10-8-18)14-13(20(21)22)15(17-11-16-14)23-12-5-3-2-4-6-12/h2-6,11H,7-10H2,1H3. The van der Waals surface area contributed by atoms with Crippen LogP contribution in [-0.4, -0.2) is 53.0 Å². The molecule has 1 aromatic carbocycles. The van der Waals surface area contributed by atoms with E-state index in [-0.39, 0.29) is 10.6 Å². The first-order valence-electron chi connectivity index (χ1n) is 7.31. The van der Waals surface area contributed by atoms with Crippen molar-refractivity contribution in [1.29, 1.82) is 0 Å². The molecule has 1 aromatic heterocycles. The second kappa shape index (κ2) is 6.93. The van der Waals surface area contributed by atoms with E-state index in [9.17, 15) is 10.1 Å². The van der Waals surface area contributed by atoms with E-state index in [1.807, 2.05) is 42.3 Å². The summed E-state index contributed by atoms with van der Waals surface area (Å²) in [5.74, 6) is 0.413. The van der Waals surface area contributed by atoms with E-state index in [4.69, 9.17) is 0 Å². The van der Waals surface area contributed by atoms with Crippen LogP contribution in [0.5, 0.6) is 0 Å². The van der Waals surface area contributed by atoms with E-state index in [1.165, 1.54) is 18.1 Å². The fourth-order valence-corrected chi connectivity index (χ4v) is 3.32. The van der Waals surface area contributed by atoms with E-state index in [1.54, 1.807) is 0 Å². The number of piperazine rings is 1. The van der Waals surface area contributed by atoms with Crippen LogP contribution in [0.15, 0.2) is 46.6 Å². The van der Waals surface area contributed by atoms with E-state index in [0.717, 1.165) is 31.1 Å². The van der Waals surface area contributed by atoms with Crippen LogP contribution in [0.25, 0.3) is 0 Å². The Morgan fingerprint density at radius 1 is 1.13 bits per heavy atom. The quantitative estimate of drug-likeness (QED) is 0.483. The molecule has 0 atom stereocenters. The maximum atomic E-state index is 11.6. The Balaban J connectivity index is 1.94. The number of hydrogen-bond acceptors (Lipinski definition) is 7. The summed E-state index contributed by atoms with van der Waals surface area (Å²) in [6.07, 6.45) is 1.41. The van der Waals surface area contributed by atoms with Gasteiger partial charge in [-0.3, -0.25) is 10.1 Å². The van der Waals surface area contributed by atoms with Crippen LogP contribution >= 0.6 is 11.8 Å². The largest absolute Gasteiger partial charge is 0.348 e. The lowest BCUT2D eigenvalue weighted by Crippen LogP contribution is -2.45. The van der Waals surface area contributed by atoms with Gasteiger partial charge in [-0.05, 0) is 19.2 Å². The Morgan fingerprint density at radius 3 is 2.48 bits per heavy atom. The molecule has 0 bridgehead atoms. The van der Waals surface area contributed by atoms with Crippen LogP contribution in [0.4, 0.5) is 11.5 Å². The lowest BCUT2D eigenvalue weighted by atomic mass is 10.3. The zero-order chi connectivity index (χ0) is 16.2. The van der Waals surface area contributed by atoms with Gasteiger partial charge in [0.05, 0.1) is 4.92 Å². The van der Waals surface area contributed by atoms with Gasteiger partial charge in [0.25, 0.3) is 0 Å². The molecule has 1 aliphatic heterocycles. The third-order valence-corrected chi connectivity index (χ3v) is 4.71. The third kappa shape index (κ3) is 3.59. The molecule has 23 heavy (non-hydrogen) atoms. The summed E-state index contributed by atoms with van der Waals surface area (Å²) in [6, 6.07) is 9.53. The highest BCUT2D eigenvalue weighted by Gasteiger charge is 2.28. The first kappa shape index (κ1) is 15.7. The zero-order valence-corrected chi connectivity index (χ0v) is 13.6. The molecule has 0 radical (unpaired) electrons. The molecule has 1 aliphatic rings. The predicted octanol–water partition coefficient (Wildman–Crippen LogP) is 2.29. The van der Waals surface area contributed by atoms with Gasteiger partial charge < -0.3 is 9.80 Å². The maximum absolute atomic E-state index is 11.6. The van der Waals surface area contributed by atoms with E-state index < -0.39 is 0 Å². The van der Waals surface area contributed by atoms with Crippen LogP contribution in [0.3, 0.4) is 0 Å². The van der Waals surface area contributed by atoms with Crippen molar-refractivity contribution < 1.29 is 4.92 Å². The molecule has 2 aromatic rings. The van der Waals surface area contributed by atoms with Gasteiger partial charge in [0.2, 0.25) is 5.82 Å². The molecule has 120 valence electrons. The van der Waals surface area contributed by atoms with Crippen molar-refractivity contribution in [3.05, 3.63) is 46.8 Å². The minimum atomic E-state index is -0.376. The van der Waals surface area contributed by atoms with Gasteiger partial charge in [0.15, 0.2) is 5.03 Å². The van der Waals surface area contributed by atoms with Crippen LogP contribution in [0.1, 0.15) is 0 Å². The second-order valence-electron chi connectivity index (χ2n) is 5.31. The molecular weight excluding hydrogens is 314 g/mol. The smallest absolute Gasteiger partial charge is 0.343 e. The molecule has 0 amide bonds. The molecule has 8 heteroatoms. The van der Waals surface area contributed by atoms with E-state index in [2.05, 4.69) is 14.9 Å². The summed E-state index contributed by atoms with van der Waals surface area (Å²) in [5, 5.41) is 12.0. The van der Waals surface area contributed by atoms with Crippen LogP contribution in [0.2, 0.25) is 0 Å². The van der Waals surface area contributed by atoms with Crippen molar-refractivity contribution >= 4 is 23.3 Å². The minimum Gasteiger partial charge on any atom is -0.348 e. The number of nitrogens with zero attached hydrogens (tertiary/aromatic N) is 5. The highest BCUT2D eigenvalue weighted by atomic mass is 32.2. The fourth-order valence-electron chi connectivity index (χ4n) is 2.44. The molecule has 0 saturated carbocycles. The van der Waals surface area contributed by atoms with Gasteiger partial charge in [-0.15, -0.1) is 0 Å². The van der Waals surface area contributed by atoms with Crippen molar-refractivity contribution in [2.75, 3.05) is 38.1 Å². The molecule has 0 spiro atoms. The number of rotatable bonds is 4. The Labute approximate surface area is 138 Å². The number of nitro groups is 1. The number of anilines is 1. The van der Waals surface area contributed by atoms with Gasteiger partial charge >= 0.3 is 5.69 Å². The average molecular weight is 331 g/mol. The van der Waals surface area contributed by atoms with Crippen molar-refractivity contribution in [1.82, 2.24) is 14.9 Å². The summed E-state index contributed by atoms with van der Waals surface area (Å²) < 4.78 is 0. The highest BCUT2D eigenvalue weighted by Crippen LogP contribution is 2.37. The summed E-state index contributed by atoms with van der Waals surface area (Å²) in [4.78, 5) is 24.6. The number of benzene rings is 1. The molecule has 0 aliphatic carbocycles. The molecule has 2 heterocycles. The predicted molar refractivity (Wildman–Crippen MR) is 89.0 cm³/mol. The molecule has 1 fully saturated rings. The van der Waals surface area contributed by atoms with E-state index >= 15 is 0 Å². The minimum absolute atomic E-state index is 0.00842. The van der Waals surface area contributed by atoms with Gasteiger partial charge in [-0.25, -0.2) is 9.97 Å². The number of aromatic nitrogens is 2. The van der Waals surface area contributed by atoms with Crippen LogP contribution in [0, 0.1) is 10.1 Å². The Bertz CT molecular complexity index is 690. The summed E-state index contributed by atoms with van der Waals surface area (Å²) in [7, 11) is 2.04. The lowest BCUT2D eigenvalue weighted by Gasteiger charge is -2.32. The van der Waals surface area contributed by atoms with Crippen molar-refractivity contribution in [2.45, 2.75) is 9.92 Å². The Hall–Kier alpha value is -2.19. The molecule has 1 saturated heterocycles. The van der Waals surface area contributed by atoms with Crippen molar-refractivity contribution in [3.63, 3.8) is 0 Å². The van der Waals surface area contributed by atoms with Gasteiger partial charge in [-0.2, -0.15) is 0 Å². The Morgan fingerprint density at radius 2 is 1.83 bits per heavy atom. The monoisotopic (exact) mass is 331 g/mol. The zero-order valence-electron chi connectivity index (χ0n) is 12.8. The summed E-state index contributed by atoms with van der Waals surface area (Å²) in [6.45, 7) is 3.18. The van der Waals surface area contributed by atoms with Gasteiger partial charge in [-0.1, -0.05) is 30.0 Å². The van der Waals surface area contributed by atoms with E-state index in [0.29, 0.717) is 10.8 Å². The normalized spacial score (nSPS) is 15.6. The highest BCUT2D eigenvalue weighted by molar-refractivity contribution is 7.99. The third-order valence-electron chi connectivity index (χ3n) is 3.71.